The van der Waals surface area contributed by atoms with Gasteiger partial charge < -0.3 is 5.11 Å². The summed E-state index contributed by atoms with van der Waals surface area (Å²) in [7, 11) is 0. The molecule has 1 N–H and O–H groups in total. The van der Waals surface area contributed by atoms with Crippen LogP contribution in [-0.4, -0.2) is 22.5 Å². The van der Waals surface area contributed by atoms with Crippen molar-refractivity contribution in [1.82, 2.24) is 0 Å². The van der Waals surface area contributed by atoms with Crippen LogP contribution in [0.1, 0.15) is 0 Å². The molecule has 26 heavy (non-hydrogen) atoms. The van der Waals surface area contributed by atoms with Crippen LogP contribution in [0.5, 0.6) is 5.75 Å². The van der Waals surface area contributed by atoms with E-state index in [1.54, 1.807) is 6.07 Å². The smallest absolute Gasteiger partial charge is 0.187 e. The Hall–Kier alpha value is -2.79. The van der Waals surface area contributed by atoms with Crippen LogP contribution in [0.25, 0.3) is 33.4 Å². The molecule has 2 heteroatoms. The van der Waals surface area contributed by atoms with Gasteiger partial charge in [-0.15, -0.1) is 0 Å². The molecular formula is C24H21AlO. The van der Waals surface area contributed by atoms with Crippen molar-refractivity contribution < 1.29 is 5.11 Å². The van der Waals surface area contributed by atoms with Crippen LogP contribution >= 0.6 is 0 Å². The summed E-state index contributed by atoms with van der Waals surface area (Å²) in [5, 5.41) is 10.7. The van der Waals surface area contributed by atoms with Crippen LogP contribution in [0, 0.1) is 0 Å². The van der Waals surface area contributed by atoms with E-state index >= 15 is 0 Å². The molecule has 0 saturated carbocycles. The van der Waals surface area contributed by atoms with Crippen LogP contribution in [0.4, 0.5) is 0 Å². The van der Waals surface area contributed by atoms with Gasteiger partial charge in [-0.25, -0.2) is 0 Å². The van der Waals surface area contributed by atoms with Crippen molar-refractivity contribution in [3.05, 3.63) is 103 Å². The molecule has 126 valence electrons. The summed E-state index contributed by atoms with van der Waals surface area (Å²) >= 11 is 0. The molecule has 0 amide bonds. The lowest BCUT2D eigenvalue weighted by molar-refractivity contribution is 0.477. The molecule has 0 aromatic heterocycles. The van der Waals surface area contributed by atoms with Crippen LogP contribution in [0.3, 0.4) is 0 Å². The lowest BCUT2D eigenvalue weighted by atomic mass is 9.87. The predicted octanol–water partition coefficient (Wildman–Crippen LogP) is 5.21. The number of rotatable bonds is 3. The maximum absolute atomic E-state index is 10.7. The number of benzene rings is 4. The van der Waals surface area contributed by atoms with Crippen molar-refractivity contribution in [3.8, 4) is 39.1 Å². The van der Waals surface area contributed by atoms with Crippen molar-refractivity contribution in [2.45, 2.75) is 0 Å². The van der Waals surface area contributed by atoms with Crippen molar-refractivity contribution >= 4 is 17.4 Å². The van der Waals surface area contributed by atoms with Crippen molar-refractivity contribution in [1.29, 1.82) is 0 Å². The summed E-state index contributed by atoms with van der Waals surface area (Å²) in [6.45, 7) is 0. The number of phenolic OH excluding ortho intramolecular Hbond substituents is 1. The molecule has 1 nitrogen and oxygen atoms in total. The van der Waals surface area contributed by atoms with E-state index < -0.39 is 0 Å². The molecule has 0 radical (unpaired) electrons. The molecule has 4 aromatic carbocycles. The van der Waals surface area contributed by atoms with Gasteiger partial charge in [-0.05, 0) is 28.3 Å². The number of hydrogen-bond acceptors (Lipinski definition) is 1. The van der Waals surface area contributed by atoms with Gasteiger partial charge >= 0.3 is 0 Å². The Kier molecular flexibility index (Phi) is 5.59. The van der Waals surface area contributed by atoms with Crippen LogP contribution in [-0.2, 0) is 0 Å². The lowest BCUT2D eigenvalue weighted by Gasteiger charge is -2.17. The SMILES string of the molecule is Oc1ccc(-c2ccccc2)c(-c2ccccc2)c1-c1ccccc1.[AlH3]. The fourth-order valence-electron chi connectivity index (χ4n) is 3.25. The maximum Gasteiger partial charge on any atom is 0.187 e. The summed E-state index contributed by atoms with van der Waals surface area (Å²) in [4.78, 5) is 0. The Labute approximate surface area is 164 Å². The largest absolute Gasteiger partial charge is 0.507 e. The van der Waals surface area contributed by atoms with Gasteiger partial charge in [-0.1, -0.05) is 97.1 Å². The second kappa shape index (κ2) is 8.06. The fourth-order valence-corrected chi connectivity index (χ4v) is 3.25. The van der Waals surface area contributed by atoms with Crippen LogP contribution < -0.4 is 0 Å². The molecule has 0 fully saturated rings. The molecule has 0 aliphatic rings. The first kappa shape index (κ1) is 18.0. The minimum Gasteiger partial charge on any atom is -0.507 e. The molecule has 0 aliphatic heterocycles. The van der Waals surface area contributed by atoms with Gasteiger partial charge in [0.25, 0.3) is 0 Å². The Bertz CT molecular complexity index is 981. The second-order valence-electron chi connectivity index (χ2n) is 5.98. The summed E-state index contributed by atoms with van der Waals surface area (Å²) in [5.41, 5.74) is 6.28. The molecule has 0 heterocycles. The van der Waals surface area contributed by atoms with Gasteiger partial charge in [0, 0.05) is 11.1 Å². The monoisotopic (exact) mass is 352 g/mol. The molecule has 0 saturated heterocycles. The summed E-state index contributed by atoms with van der Waals surface area (Å²) < 4.78 is 0. The summed E-state index contributed by atoms with van der Waals surface area (Å²) in [6, 6.07) is 34.4. The van der Waals surface area contributed by atoms with Gasteiger partial charge in [0.1, 0.15) is 5.75 Å². The highest BCUT2D eigenvalue weighted by Crippen LogP contribution is 2.44. The first-order valence-electron chi connectivity index (χ1n) is 8.37. The Morgan fingerprint density at radius 1 is 0.423 bits per heavy atom. The van der Waals surface area contributed by atoms with E-state index in [0.717, 1.165) is 33.4 Å². The van der Waals surface area contributed by atoms with Crippen LogP contribution in [0.2, 0.25) is 0 Å². The van der Waals surface area contributed by atoms with Gasteiger partial charge in [0.15, 0.2) is 17.4 Å². The molecule has 0 atom stereocenters. The van der Waals surface area contributed by atoms with E-state index in [9.17, 15) is 5.11 Å². The normalized spacial score (nSPS) is 10.2. The second-order valence-corrected chi connectivity index (χ2v) is 5.98. The highest BCUT2D eigenvalue weighted by Gasteiger charge is 2.17. The molecule has 0 spiro atoms. The van der Waals surface area contributed by atoms with E-state index in [2.05, 4.69) is 24.3 Å². The molecule has 4 rings (SSSR count). The minimum absolute atomic E-state index is 0. The number of hydrogen-bond donors (Lipinski definition) is 1. The Morgan fingerprint density at radius 2 is 0.846 bits per heavy atom. The molecule has 0 bridgehead atoms. The average molecular weight is 352 g/mol. The van der Waals surface area contributed by atoms with Gasteiger partial charge in [0.2, 0.25) is 0 Å². The van der Waals surface area contributed by atoms with Crippen molar-refractivity contribution in [2.75, 3.05) is 0 Å². The predicted molar refractivity (Wildman–Crippen MR) is 114 cm³/mol. The van der Waals surface area contributed by atoms with Gasteiger partial charge in [-0.2, -0.15) is 0 Å². The molecule has 0 aliphatic carbocycles. The average Bonchev–Trinajstić information content (AvgIpc) is 2.70. The Morgan fingerprint density at radius 3 is 1.35 bits per heavy atom. The first-order chi connectivity index (χ1) is 12.3. The van der Waals surface area contributed by atoms with E-state index in [1.165, 1.54) is 0 Å². The van der Waals surface area contributed by atoms with E-state index in [1.807, 2.05) is 72.8 Å². The first-order valence-corrected chi connectivity index (χ1v) is 8.37. The molecular weight excluding hydrogens is 331 g/mol. The zero-order chi connectivity index (χ0) is 17.1. The fraction of sp³-hybridized carbons (Fsp3) is 0. The summed E-state index contributed by atoms with van der Waals surface area (Å²) in [5.74, 6) is 0.296. The van der Waals surface area contributed by atoms with Gasteiger partial charge in [-0.3, -0.25) is 0 Å². The third-order valence-corrected chi connectivity index (χ3v) is 4.39. The standard InChI is InChI=1S/C24H18O.Al.3H/c25-22-17-16-21(18-10-4-1-5-11-18)23(19-12-6-2-7-13-19)24(22)20-14-8-3-9-15-20;;;;/h1-17,25H;;;;. The van der Waals surface area contributed by atoms with Crippen LogP contribution in [0.15, 0.2) is 103 Å². The maximum atomic E-state index is 10.7. The van der Waals surface area contributed by atoms with E-state index in [4.69, 9.17) is 0 Å². The van der Waals surface area contributed by atoms with Crippen molar-refractivity contribution in [2.24, 2.45) is 0 Å². The number of phenols is 1. The van der Waals surface area contributed by atoms with Crippen molar-refractivity contribution in [3.63, 3.8) is 0 Å². The summed E-state index contributed by atoms with van der Waals surface area (Å²) in [6.07, 6.45) is 0. The molecule has 4 aromatic rings. The van der Waals surface area contributed by atoms with E-state index in [0.29, 0.717) is 5.75 Å². The third kappa shape index (κ3) is 3.44. The number of aromatic hydroxyl groups is 1. The zero-order valence-electron chi connectivity index (χ0n) is 13.8. The van der Waals surface area contributed by atoms with Gasteiger partial charge in [0.05, 0.1) is 0 Å². The highest BCUT2D eigenvalue weighted by molar-refractivity contribution is 5.97. The minimum atomic E-state index is 0. The Balaban J connectivity index is 0.00000196. The molecule has 0 unspecified atom stereocenters. The highest BCUT2D eigenvalue weighted by atomic mass is 27.0. The quantitative estimate of drug-likeness (QED) is 0.502. The van der Waals surface area contributed by atoms with E-state index in [-0.39, 0.29) is 17.4 Å². The third-order valence-electron chi connectivity index (χ3n) is 4.39. The zero-order valence-corrected chi connectivity index (χ0v) is 13.8. The lowest BCUT2D eigenvalue weighted by Crippen LogP contribution is -1.91. The topological polar surface area (TPSA) is 20.2 Å².